The van der Waals surface area contributed by atoms with E-state index in [0.29, 0.717) is 5.02 Å². The van der Waals surface area contributed by atoms with Gasteiger partial charge in [-0.2, -0.15) is 5.10 Å². The van der Waals surface area contributed by atoms with Gasteiger partial charge >= 0.3 is 0 Å². The van der Waals surface area contributed by atoms with Crippen molar-refractivity contribution in [2.24, 2.45) is 0 Å². The molecule has 1 aliphatic heterocycles. The van der Waals surface area contributed by atoms with Crippen molar-refractivity contribution in [2.75, 3.05) is 11.9 Å². The van der Waals surface area contributed by atoms with Crippen LogP contribution in [0.2, 0.25) is 5.02 Å². The van der Waals surface area contributed by atoms with E-state index in [4.69, 9.17) is 16.7 Å². The molecule has 1 aliphatic rings. The van der Waals surface area contributed by atoms with E-state index >= 15 is 0 Å². The van der Waals surface area contributed by atoms with Crippen molar-refractivity contribution in [3.8, 4) is 16.9 Å². The third kappa shape index (κ3) is 2.30. The SMILES string of the molecule is Cc1c(Cl)cccc1-n1nc(-c2cccc(F)c2)c2c1NCC2. The van der Waals surface area contributed by atoms with Crippen LogP contribution in [0, 0.1) is 12.7 Å². The van der Waals surface area contributed by atoms with E-state index in [0.717, 1.165) is 46.9 Å². The Bertz CT molecular complexity index is 901. The molecule has 0 unspecified atom stereocenters. The molecule has 0 saturated carbocycles. The molecule has 2 aromatic carbocycles. The Kier molecular flexibility index (Phi) is 3.34. The summed E-state index contributed by atoms with van der Waals surface area (Å²) in [5.74, 6) is 0.713. The molecular weight excluding hydrogens is 313 g/mol. The average molecular weight is 328 g/mol. The van der Waals surface area contributed by atoms with Crippen molar-refractivity contribution >= 4 is 17.4 Å². The van der Waals surface area contributed by atoms with Crippen molar-refractivity contribution in [2.45, 2.75) is 13.3 Å². The summed E-state index contributed by atoms with van der Waals surface area (Å²) in [6, 6.07) is 12.3. The lowest BCUT2D eigenvalue weighted by Crippen LogP contribution is -2.05. The minimum Gasteiger partial charge on any atom is -0.369 e. The molecule has 2 heterocycles. The molecule has 1 aromatic heterocycles. The molecule has 0 radical (unpaired) electrons. The summed E-state index contributed by atoms with van der Waals surface area (Å²) in [5, 5.41) is 8.83. The normalized spacial score (nSPS) is 13.0. The first-order valence-electron chi connectivity index (χ1n) is 7.52. The van der Waals surface area contributed by atoms with Gasteiger partial charge in [0.05, 0.1) is 11.4 Å². The Morgan fingerprint density at radius 2 is 2.04 bits per heavy atom. The summed E-state index contributed by atoms with van der Waals surface area (Å²) in [6.45, 7) is 2.83. The van der Waals surface area contributed by atoms with Crippen molar-refractivity contribution < 1.29 is 4.39 Å². The fraction of sp³-hybridized carbons (Fsp3) is 0.167. The number of aromatic nitrogens is 2. The first kappa shape index (κ1) is 14.3. The van der Waals surface area contributed by atoms with Gasteiger partial charge < -0.3 is 5.32 Å². The first-order chi connectivity index (χ1) is 11.1. The molecule has 1 N–H and O–H groups in total. The van der Waals surface area contributed by atoms with Gasteiger partial charge in [-0.15, -0.1) is 0 Å². The second-order valence-electron chi connectivity index (χ2n) is 5.66. The predicted octanol–water partition coefficient (Wildman–Crippen LogP) is 4.61. The van der Waals surface area contributed by atoms with Gasteiger partial charge in [-0.1, -0.05) is 29.8 Å². The number of nitrogens with zero attached hydrogens (tertiary/aromatic N) is 2. The van der Waals surface area contributed by atoms with Crippen LogP contribution in [-0.2, 0) is 6.42 Å². The third-order valence-electron chi connectivity index (χ3n) is 4.22. The highest BCUT2D eigenvalue weighted by molar-refractivity contribution is 6.31. The van der Waals surface area contributed by atoms with Crippen molar-refractivity contribution in [3.63, 3.8) is 0 Å². The molecule has 23 heavy (non-hydrogen) atoms. The Morgan fingerprint density at radius 1 is 1.22 bits per heavy atom. The summed E-state index contributed by atoms with van der Waals surface area (Å²) in [4.78, 5) is 0. The van der Waals surface area contributed by atoms with E-state index in [1.807, 2.05) is 35.9 Å². The fourth-order valence-corrected chi connectivity index (χ4v) is 3.21. The van der Waals surface area contributed by atoms with Crippen molar-refractivity contribution in [3.05, 3.63) is 64.4 Å². The van der Waals surface area contributed by atoms with Gasteiger partial charge in [0.1, 0.15) is 11.6 Å². The van der Waals surface area contributed by atoms with Crippen molar-refractivity contribution in [1.82, 2.24) is 9.78 Å². The molecule has 4 rings (SSSR count). The lowest BCUT2D eigenvalue weighted by molar-refractivity contribution is 0.628. The Balaban J connectivity index is 1.93. The molecule has 0 spiro atoms. The minimum absolute atomic E-state index is 0.254. The fourth-order valence-electron chi connectivity index (χ4n) is 3.04. The quantitative estimate of drug-likeness (QED) is 0.745. The third-order valence-corrected chi connectivity index (χ3v) is 4.63. The largest absolute Gasteiger partial charge is 0.369 e. The highest BCUT2D eigenvalue weighted by atomic mass is 35.5. The van der Waals surface area contributed by atoms with Gasteiger partial charge in [-0.3, -0.25) is 0 Å². The molecule has 3 nitrogen and oxygen atoms in total. The number of halogens is 2. The maximum atomic E-state index is 13.6. The lowest BCUT2D eigenvalue weighted by Gasteiger charge is -2.10. The van der Waals surface area contributed by atoms with Crippen LogP contribution >= 0.6 is 11.6 Å². The molecule has 0 bridgehead atoms. The number of hydrogen-bond acceptors (Lipinski definition) is 2. The summed E-state index contributed by atoms with van der Waals surface area (Å²) >= 11 is 6.25. The summed E-state index contributed by atoms with van der Waals surface area (Å²) < 4.78 is 15.5. The van der Waals surface area contributed by atoms with Gasteiger partial charge in [0, 0.05) is 22.7 Å². The standard InChI is InChI=1S/C18H15ClFN3/c1-11-15(19)6-3-7-16(11)23-18-14(8-9-21-18)17(22-23)12-4-2-5-13(20)10-12/h2-7,10,21H,8-9H2,1H3. The number of fused-ring (bicyclic) bond motifs is 1. The van der Waals surface area contributed by atoms with Crippen LogP contribution in [0.15, 0.2) is 42.5 Å². The Morgan fingerprint density at radius 3 is 2.87 bits per heavy atom. The second-order valence-corrected chi connectivity index (χ2v) is 6.07. The Hall–Kier alpha value is -2.33. The van der Waals surface area contributed by atoms with Crippen LogP contribution in [0.4, 0.5) is 10.2 Å². The average Bonchev–Trinajstić information content (AvgIpc) is 3.12. The van der Waals surface area contributed by atoms with Crippen LogP contribution in [0.3, 0.4) is 0 Å². The van der Waals surface area contributed by atoms with Crippen LogP contribution in [-0.4, -0.2) is 16.3 Å². The van der Waals surface area contributed by atoms with E-state index in [1.54, 1.807) is 6.07 Å². The van der Waals surface area contributed by atoms with Crippen LogP contribution in [0.5, 0.6) is 0 Å². The Labute approximate surface area is 138 Å². The monoisotopic (exact) mass is 327 g/mol. The van der Waals surface area contributed by atoms with Gasteiger partial charge in [0.25, 0.3) is 0 Å². The van der Waals surface area contributed by atoms with Gasteiger partial charge in [0.2, 0.25) is 0 Å². The molecule has 5 heteroatoms. The maximum Gasteiger partial charge on any atom is 0.133 e. The molecule has 116 valence electrons. The molecule has 0 amide bonds. The second kappa shape index (κ2) is 5.39. The number of anilines is 1. The highest BCUT2D eigenvalue weighted by Gasteiger charge is 2.24. The smallest absolute Gasteiger partial charge is 0.133 e. The van der Waals surface area contributed by atoms with Crippen LogP contribution in [0.1, 0.15) is 11.1 Å². The molecular formula is C18H15ClFN3. The summed E-state index contributed by atoms with van der Waals surface area (Å²) in [7, 11) is 0. The molecule has 3 aromatic rings. The van der Waals surface area contributed by atoms with E-state index < -0.39 is 0 Å². The van der Waals surface area contributed by atoms with Gasteiger partial charge in [-0.05, 0) is 43.2 Å². The first-order valence-corrected chi connectivity index (χ1v) is 7.90. The van der Waals surface area contributed by atoms with E-state index in [9.17, 15) is 4.39 Å². The molecule has 0 saturated heterocycles. The van der Waals surface area contributed by atoms with E-state index in [-0.39, 0.29) is 5.82 Å². The highest BCUT2D eigenvalue weighted by Crippen LogP contribution is 2.36. The van der Waals surface area contributed by atoms with Crippen LogP contribution < -0.4 is 5.32 Å². The van der Waals surface area contributed by atoms with Crippen LogP contribution in [0.25, 0.3) is 16.9 Å². The zero-order valence-electron chi connectivity index (χ0n) is 12.6. The number of benzene rings is 2. The number of rotatable bonds is 2. The molecule has 0 fully saturated rings. The zero-order chi connectivity index (χ0) is 16.0. The minimum atomic E-state index is -0.254. The lowest BCUT2D eigenvalue weighted by atomic mass is 10.1. The van der Waals surface area contributed by atoms with Gasteiger partial charge in [0.15, 0.2) is 0 Å². The maximum absolute atomic E-state index is 13.6. The van der Waals surface area contributed by atoms with E-state index in [1.165, 1.54) is 12.1 Å². The zero-order valence-corrected chi connectivity index (χ0v) is 13.4. The predicted molar refractivity (Wildman–Crippen MR) is 90.9 cm³/mol. The summed E-state index contributed by atoms with van der Waals surface area (Å²) in [5.41, 5.74) is 4.65. The molecule has 0 aliphatic carbocycles. The summed E-state index contributed by atoms with van der Waals surface area (Å²) in [6.07, 6.45) is 0.876. The number of nitrogens with one attached hydrogen (secondary N) is 1. The topological polar surface area (TPSA) is 29.9 Å². The van der Waals surface area contributed by atoms with E-state index in [2.05, 4.69) is 5.32 Å². The molecule has 0 atom stereocenters. The van der Waals surface area contributed by atoms with Crippen molar-refractivity contribution in [1.29, 1.82) is 0 Å². The van der Waals surface area contributed by atoms with Gasteiger partial charge in [-0.25, -0.2) is 9.07 Å². The number of hydrogen-bond donors (Lipinski definition) is 1.